The van der Waals surface area contributed by atoms with Crippen molar-refractivity contribution in [1.82, 2.24) is 30.4 Å². The Morgan fingerprint density at radius 3 is 2.58 bits per heavy atom. The van der Waals surface area contributed by atoms with Crippen molar-refractivity contribution in [2.24, 2.45) is 12.5 Å². The molecule has 0 saturated carbocycles. The summed E-state index contributed by atoms with van der Waals surface area (Å²) in [7, 11) is 1.80. The van der Waals surface area contributed by atoms with Gasteiger partial charge in [0, 0.05) is 24.7 Å². The Morgan fingerprint density at radius 1 is 1.37 bits per heavy atom. The zero-order chi connectivity index (χ0) is 14.3. The maximum atomic E-state index is 4.30. The Kier molecular flexibility index (Phi) is 3.66. The highest BCUT2D eigenvalue weighted by molar-refractivity contribution is 4.98. The van der Waals surface area contributed by atoms with Gasteiger partial charge in [0.15, 0.2) is 5.82 Å². The molecule has 0 radical (unpaired) electrons. The number of hydrogen-bond acceptors (Lipinski definition) is 5. The Morgan fingerprint density at radius 2 is 2.05 bits per heavy atom. The lowest BCUT2D eigenvalue weighted by Crippen LogP contribution is -2.64. The van der Waals surface area contributed by atoms with E-state index < -0.39 is 0 Å². The Hall–Kier alpha value is -1.01. The van der Waals surface area contributed by atoms with E-state index in [0.717, 1.165) is 25.5 Å². The van der Waals surface area contributed by atoms with Gasteiger partial charge < -0.3 is 5.32 Å². The monoisotopic (exact) mass is 266 g/mol. The predicted octanol–water partition coefficient (Wildman–Crippen LogP) is 0.809. The zero-order valence-electron chi connectivity index (χ0n) is 12.9. The molecule has 6 nitrogen and oxygen atoms in total. The molecular formula is C13H26N6. The lowest BCUT2D eigenvalue weighted by molar-refractivity contribution is 0.0253. The van der Waals surface area contributed by atoms with Crippen LogP contribution in [0.1, 0.15) is 40.4 Å². The first-order valence-corrected chi connectivity index (χ1v) is 6.89. The number of aryl methyl sites for hydroxylation is 1. The van der Waals surface area contributed by atoms with E-state index in [9.17, 15) is 0 Å². The van der Waals surface area contributed by atoms with E-state index in [1.165, 1.54) is 4.80 Å². The van der Waals surface area contributed by atoms with Gasteiger partial charge in [-0.25, -0.2) is 0 Å². The smallest absolute Gasteiger partial charge is 0.188 e. The van der Waals surface area contributed by atoms with E-state index >= 15 is 0 Å². The van der Waals surface area contributed by atoms with Gasteiger partial charge in [-0.2, -0.15) is 4.80 Å². The molecule has 1 aromatic rings. The Balaban J connectivity index is 2.16. The first-order valence-electron chi connectivity index (χ1n) is 6.89. The number of tetrazole rings is 1. The summed E-state index contributed by atoms with van der Waals surface area (Å²) in [6, 6.07) is 0.476. The second kappa shape index (κ2) is 4.83. The van der Waals surface area contributed by atoms with Crippen LogP contribution in [0.3, 0.4) is 0 Å². The van der Waals surface area contributed by atoms with Crippen LogP contribution in [-0.2, 0) is 13.6 Å². The molecule has 1 aliphatic heterocycles. The highest BCUT2D eigenvalue weighted by Gasteiger charge is 2.38. The van der Waals surface area contributed by atoms with Crippen LogP contribution < -0.4 is 5.32 Å². The fourth-order valence-electron chi connectivity index (χ4n) is 2.76. The summed E-state index contributed by atoms with van der Waals surface area (Å²) in [4.78, 5) is 4.00. The fraction of sp³-hybridized carbons (Fsp3) is 0.923. The van der Waals surface area contributed by atoms with Gasteiger partial charge >= 0.3 is 0 Å². The molecule has 1 N–H and O–H groups in total. The molecule has 108 valence electrons. The number of rotatable bonds is 2. The minimum absolute atomic E-state index is 0.129. The van der Waals surface area contributed by atoms with Crippen molar-refractivity contribution in [3.8, 4) is 0 Å². The van der Waals surface area contributed by atoms with Crippen LogP contribution in [-0.4, -0.2) is 49.8 Å². The van der Waals surface area contributed by atoms with Crippen LogP contribution in [0.25, 0.3) is 0 Å². The molecule has 0 aliphatic carbocycles. The van der Waals surface area contributed by atoms with Crippen LogP contribution in [0, 0.1) is 5.41 Å². The van der Waals surface area contributed by atoms with Gasteiger partial charge in [0.25, 0.3) is 0 Å². The van der Waals surface area contributed by atoms with E-state index in [2.05, 4.69) is 60.2 Å². The second-order valence-electron chi connectivity index (χ2n) is 7.25. The van der Waals surface area contributed by atoms with E-state index in [0.29, 0.717) is 6.04 Å². The predicted molar refractivity (Wildman–Crippen MR) is 74.5 cm³/mol. The molecule has 19 heavy (non-hydrogen) atoms. The maximum Gasteiger partial charge on any atom is 0.188 e. The van der Waals surface area contributed by atoms with Crippen LogP contribution in [0.4, 0.5) is 0 Å². The van der Waals surface area contributed by atoms with Crippen molar-refractivity contribution in [3.05, 3.63) is 5.82 Å². The third-order valence-corrected chi connectivity index (χ3v) is 3.71. The van der Waals surface area contributed by atoms with Crippen molar-refractivity contribution < 1.29 is 0 Å². The normalized spacial score (nSPS) is 24.6. The fourth-order valence-corrected chi connectivity index (χ4v) is 2.76. The average molecular weight is 266 g/mol. The summed E-state index contributed by atoms with van der Waals surface area (Å²) in [5.41, 5.74) is 0.357. The third-order valence-electron chi connectivity index (χ3n) is 3.71. The quantitative estimate of drug-likeness (QED) is 0.858. The molecule has 0 amide bonds. The highest BCUT2D eigenvalue weighted by Crippen LogP contribution is 2.29. The summed E-state index contributed by atoms with van der Waals surface area (Å²) in [5.74, 6) is 0.800. The number of nitrogens with one attached hydrogen (secondary N) is 1. The lowest BCUT2D eigenvalue weighted by Gasteiger charge is -2.49. The zero-order valence-corrected chi connectivity index (χ0v) is 12.9. The second-order valence-corrected chi connectivity index (χ2v) is 7.25. The molecule has 1 fully saturated rings. The van der Waals surface area contributed by atoms with Crippen molar-refractivity contribution in [1.29, 1.82) is 0 Å². The van der Waals surface area contributed by atoms with Gasteiger partial charge in [-0.1, -0.05) is 20.8 Å². The minimum Gasteiger partial charge on any atom is -0.309 e. The van der Waals surface area contributed by atoms with E-state index in [-0.39, 0.29) is 11.0 Å². The van der Waals surface area contributed by atoms with Crippen molar-refractivity contribution in [3.63, 3.8) is 0 Å². The molecular weight excluding hydrogens is 240 g/mol. The number of hydrogen-bond donors (Lipinski definition) is 1. The molecule has 2 rings (SSSR count). The SMILES string of the molecule is Cn1nnc(CN2CC(C)(C)NCC2C(C)(C)C)n1. The van der Waals surface area contributed by atoms with Gasteiger partial charge in [0.2, 0.25) is 0 Å². The first kappa shape index (κ1) is 14.4. The summed E-state index contributed by atoms with van der Waals surface area (Å²) < 4.78 is 0. The molecule has 1 saturated heterocycles. The number of piperazine rings is 1. The first-order chi connectivity index (χ1) is 8.67. The summed E-state index contributed by atoms with van der Waals surface area (Å²) in [6.07, 6.45) is 0. The van der Waals surface area contributed by atoms with Crippen molar-refractivity contribution in [2.75, 3.05) is 13.1 Å². The van der Waals surface area contributed by atoms with Gasteiger partial charge in [-0.15, -0.1) is 10.2 Å². The van der Waals surface area contributed by atoms with Gasteiger partial charge in [-0.3, -0.25) is 4.90 Å². The van der Waals surface area contributed by atoms with Gasteiger partial charge in [-0.05, 0) is 24.5 Å². The number of nitrogens with zero attached hydrogens (tertiary/aromatic N) is 5. The van der Waals surface area contributed by atoms with Gasteiger partial charge in [0.1, 0.15) is 0 Å². The highest BCUT2D eigenvalue weighted by atomic mass is 15.6. The topological polar surface area (TPSA) is 58.9 Å². The van der Waals surface area contributed by atoms with Crippen LogP contribution in [0.5, 0.6) is 0 Å². The Labute approximate surface area is 115 Å². The van der Waals surface area contributed by atoms with Gasteiger partial charge in [0.05, 0.1) is 13.6 Å². The molecule has 1 aliphatic rings. The standard InChI is InChI=1S/C13H26N6/c1-12(2,3)10-7-14-13(4,5)9-19(10)8-11-15-17-18(6)16-11/h10,14H,7-9H2,1-6H3. The van der Waals surface area contributed by atoms with E-state index in [1.54, 1.807) is 7.05 Å². The average Bonchev–Trinajstić information content (AvgIpc) is 2.60. The van der Waals surface area contributed by atoms with Crippen LogP contribution >= 0.6 is 0 Å². The molecule has 1 unspecified atom stereocenters. The molecule has 1 atom stereocenters. The van der Waals surface area contributed by atoms with E-state index in [4.69, 9.17) is 0 Å². The van der Waals surface area contributed by atoms with Crippen molar-refractivity contribution in [2.45, 2.75) is 52.7 Å². The lowest BCUT2D eigenvalue weighted by atomic mass is 9.82. The Bertz CT molecular complexity index is 431. The molecule has 1 aromatic heterocycles. The summed E-state index contributed by atoms with van der Waals surface area (Å²) >= 11 is 0. The molecule has 2 heterocycles. The summed E-state index contributed by atoms with van der Waals surface area (Å²) in [5, 5.41) is 16.0. The largest absolute Gasteiger partial charge is 0.309 e. The van der Waals surface area contributed by atoms with Crippen LogP contribution in [0.2, 0.25) is 0 Å². The molecule has 0 aromatic carbocycles. The van der Waals surface area contributed by atoms with Crippen LogP contribution in [0.15, 0.2) is 0 Å². The van der Waals surface area contributed by atoms with Crippen molar-refractivity contribution >= 4 is 0 Å². The summed E-state index contributed by atoms with van der Waals surface area (Å²) in [6.45, 7) is 14.1. The number of aromatic nitrogens is 4. The molecule has 0 bridgehead atoms. The minimum atomic E-state index is 0.129. The molecule has 6 heteroatoms. The maximum absolute atomic E-state index is 4.30. The molecule has 0 spiro atoms. The van der Waals surface area contributed by atoms with E-state index in [1.807, 2.05) is 0 Å². The third kappa shape index (κ3) is 3.51.